The molecule has 5 nitrogen and oxygen atoms in total. The van der Waals surface area contributed by atoms with Gasteiger partial charge in [0, 0.05) is 30.5 Å². The lowest BCUT2D eigenvalue weighted by atomic mass is 10.0. The summed E-state index contributed by atoms with van der Waals surface area (Å²) in [7, 11) is 0. The fourth-order valence-corrected chi connectivity index (χ4v) is 2.95. The van der Waals surface area contributed by atoms with Crippen molar-refractivity contribution >= 4 is 5.69 Å². The molecular formula is C23H29N5. The van der Waals surface area contributed by atoms with Gasteiger partial charge < -0.3 is 16.4 Å². The number of rotatable bonds is 8. The third kappa shape index (κ3) is 5.79. The Labute approximate surface area is 167 Å². The van der Waals surface area contributed by atoms with E-state index < -0.39 is 0 Å². The van der Waals surface area contributed by atoms with E-state index in [-0.39, 0.29) is 0 Å². The van der Waals surface area contributed by atoms with Crippen LogP contribution in [0.2, 0.25) is 0 Å². The Morgan fingerprint density at radius 3 is 2.68 bits per heavy atom. The second-order valence-corrected chi connectivity index (χ2v) is 7.24. The van der Waals surface area contributed by atoms with E-state index >= 15 is 0 Å². The Morgan fingerprint density at radius 2 is 2.04 bits per heavy atom. The van der Waals surface area contributed by atoms with E-state index in [0.29, 0.717) is 12.6 Å². The van der Waals surface area contributed by atoms with Gasteiger partial charge in [-0.15, -0.1) is 0 Å². The molecule has 4 N–H and O–H groups in total. The zero-order valence-corrected chi connectivity index (χ0v) is 16.7. The van der Waals surface area contributed by atoms with Crippen molar-refractivity contribution in [3.63, 3.8) is 0 Å². The standard InChI is InChI=1S/C23H29N5/c1-4-18(14-25-21-10-7-19(8-11-21)23-15-26-23)6-5-17(3)27-28-22-12-9-20(24)13-16(22)2/h4-8,10-11,13,23,25-26H,1,9,12,14-15,24H2,2-3H3/b17-5+,18-6+,28-27?. The van der Waals surface area contributed by atoms with Crippen molar-refractivity contribution in [3.8, 4) is 0 Å². The highest BCUT2D eigenvalue weighted by Gasteiger charge is 2.21. The van der Waals surface area contributed by atoms with E-state index in [2.05, 4.69) is 51.7 Å². The van der Waals surface area contributed by atoms with Crippen molar-refractivity contribution in [2.45, 2.75) is 32.7 Å². The van der Waals surface area contributed by atoms with Gasteiger partial charge in [0.15, 0.2) is 0 Å². The number of azo groups is 1. The van der Waals surface area contributed by atoms with Crippen LogP contribution >= 0.6 is 0 Å². The molecule has 0 spiro atoms. The number of benzene rings is 1. The molecule has 1 aromatic carbocycles. The van der Waals surface area contributed by atoms with Crippen LogP contribution in [0.3, 0.4) is 0 Å². The summed E-state index contributed by atoms with van der Waals surface area (Å²) in [4.78, 5) is 0. The topological polar surface area (TPSA) is 84.7 Å². The minimum Gasteiger partial charge on any atom is -0.402 e. The first kappa shape index (κ1) is 19.8. The van der Waals surface area contributed by atoms with Gasteiger partial charge >= 0.3 is 0 Å². The number of hydrogen-bond acceptors (Lipinski definition) is 5. The fraction of sp³-hybridized carbons (Fsp3) is 0.304. The third-order valence-electron chi connectivity index (χ3n) is 4.85. The zero-order chi connectivity index (χ0) is 19.9. The molecule has 0 amide bonds. The SMILES string of the molecule is C=C/C(=C\C=C(/C)N=NC1=C(C)C=C(N)CC1)CNc1ccc(C2CN2)cc1. The Kier molecular flexibility index (Phi) is 6.61. The van der Waals surface area contributed by atoms with Crippen LogP contribution < -0.4 is 16.4 Å². The summed E-state index contributed by atoms with van der Waals surface area (Å²) in [6.45, 7) is 9.67. The molecule has 1 aliphatic heterocycles. The lowest BCUT2D eigenvalue weighted by molar-refractivity contribution is 0.836. The molecule has 1 heterocycles. The van der Waals surface area contributed by atoms with Gasteiger partial charge in [-0.25, -0.2) is 0 Å². The van der Waals surface area contributed by atoms with E-state index in [1.54, 1.807) is 0 Å². The molecule has 28 heavy (non-hydrogen) atoms. The summed E-state index contributed by atoms with van der Waals surface area (Å²) >= 11 is 0. The first-order chi connectivity index (χ1) is 13.5. The average Bonchev–Trinajstić information content (AvgIpc) is 3.53. The molecule has 2 aliphatic rings. The minimum atomic E-state index is 0.543. The summed E-state index contributed by atoms with van der Waals surface area (Å²) in [5, 5.41) is 15.5. The van der Waals surface area contributed by atoms with E-state index in [1.165, 1.54) is 5.56 Å². The van der Waals surface area contributed by atoms with Crippen molar-refractivity contribution in [1.29, 1.82) is 0 Å². The molecule has 0 aromatic heterocycles. The van der Waals surface area contributed by atoms with E-state index in [4.69, 9.17) is 5.73 Å². The predicted molar refractivity (Wildman–Crippen MR) is 117 cm³/mol. The number of nitrogens with two attached hydrogens (primary N) is 1. The third-order valence-corrected chi connectivity index (χ3v) is 4.85. The van der Waals surface area contributed by atoms with Gasteiger partial charge in [-0.1, -0.05) is 30.9 Å². The molecular weight excluding hydrogens is 346 g/mol. The van der Waals surface area contributed by atoms with E-state index in [1.807, 2.05) is 38.2 Å². The monoisotopic (exact) mass is 375 g/mol. The molecule has 146 valence electrons. The van der Waals surface area contributed by atoms with Crippen LogP contribution in [-0.2, 0) is 0 Å². The maximum absolute atomic E-state index is 5.85. The summed E-state index contributed by atoms with van der Waals surface area (Å²) in [5.74, 6) is 0. The van der Waals surface area contributed by atoms with Gasteiger partial charge in [0.05, 0.1) is 11.4 Å². The Morgan fingerprint density at radius 1 is 1.29 bits per heavy atom. The van der Waals surface area contributed by atoms with Crippen molar-refractivity contribution in [2.75, 3.05) is 18.4 Å². The fourth-order valence-electron chi connectivity index (χ4n) is 2.95. The second kappa shape index (κ2) is 9.33. The molecule has 3 rings (SSSR count). The lowest BCUT2D eigenvalue weighted by Gasteiger charge is -2.11. The average molecular weight is 376 g/mol. The Hall–Kier alpha value is -2.92. The molecule has 0 radical (unpaired) electrons. The molecule has 0 saturated carbocycles. The van der Waals surface area contributed by atoms with Gasteiger partial charge in [-0.2, -0.15) is 10.2 Å². The molecule has 5 heteroatoms. The number of nitrogens with one attached hydrogen (secondary N) is 2. The van der Waals surface area contributed by atoms with Gasteiger partial charge in [0.1, 0.15) is 0 Å². The number of anilines is 1. The maximum atomic E-state index is 5.85. The molecule has 0 bridgehead atoms. The van der Waals surface area contributed by atoms with Gasteiger partial charge in [-0.05, 0) is 67.7 Å². The largest absolute Gasteiger partial charge is 0.402 e. The molecule has 1 aromatic rings. The Balaban J connectivity index is 1.56. The number of nitrogens with zero attached hydrogens (tertiary/aromatic N) is 2. The number of hydrogen-bond donors (Lipinski definition) is 3. The van der Waals surface area contributed by atoms with Crippen LogP contribution in [0.1, 0.15) is 38.3 Å². The van der Waals surface area contributed by atoms with Gasteiger partial charge in [-0.3, -0.25) is 0 Å². The molecule has 1 saturated heterocycles. The highest BCUT2D eigenvalue weighted by atomic mass is 15.1. The van der Waals surface area contributed by atoms with Crippen LogP contribution in [0.25, 0.3) is 0 Å². The van der Waals surface area contributed by atoms with Crippen LogP contribution in [0.15, 0.2) is 93.6 Å². The second-order valence-electron chi connectivity index (χ2n) is 7.24. The van der Waals surface area contributed by atoms with Gasteiger partial charge in [0.25, 0.3) is 0 Å². The highest BCUT2D eigenvalue weighted by Crippen LogP contribution is 2.24. The summed E-state index contributed by atoms with van der Waals surface area (Å²) in [5.41, 5.74) is 13.2. The van der Waals surface area contributed by atoms with Gasteiger partial charge in [0.2, 0.25) is 0 Å². The highest BCUT2D eigenvalue weighted by molar-refractivity contribution is 5.47. The summed E-state index contributed by atoms with van der Waals surface area (Å²) < 4.78 is 0. The van der Waals surface area contributed by atoms with Crippen molar-refractivity contribution in [1.82, 2.24) is 5.32 Å². The predicted octanol–water partition coefficient (Wildman–Crippen LogP) is 5.12. The van der Waals surface area contributed by atoms with Crippen LogP contribution in [0, 0.1) is 0 Å². The van der Waals surface area contributed by atoms with Crippen LogP contribution in [0.4, 0.5) is 5.69 Å². The van der Waals surface area contributed by atoms with Crippen LogP contribution in [-0.4, -0.2) is 13.1 Å². The van der Waals surface area contributed by atoms with Crippen molar-refractivity contribution in [2.24, 2.45) is 16.0 Å². The van der Waals surface area contributed by atoms with E-state index in [0.717, 1.165) is 53.3 Å². The van der Waals surface area contributed by atoms with E-state index in [9.17, 15) is 0 Å². The summed E-state index contributed by atoms with van der Waals surface area (Å²) in [6, 6.07) is 9.11. The smallest absolute Gasteiger partial charge is 0.0664 e. The Bertz CT molecular complexity index is 865. The quantitative estimate of drug-likeness (QED) is 0.335. The molecule has 1 atom stereocenters. The molecule has 1 aliphatic carbocycles. The molecule has 1 unspecified atom stereocenters. The zero-order valence-electron chi connectivity index (χ0n) is 16.7. The first-order valence-electron chi connectivity index (χ1n) is 9.70. The van der Waals surface area contributed by atoms with Crippen molar-refractivity contribution in [3.05, 3.63) is 88.9 Å². The molecule has 1 fully saturated rings. The van der Waals surface area contributed by atoms with Crippen molar-refractivity contribution < 1.29 is 0 Å². The normalized spacial score (nSPS) is 20.4. The first-order valence-corrected chi connectivity index (χ1v) is 9.70. The van der Waals surface area contributed by atoms with Crippen LogP contribution in [0.5, 0.6) is 0 Å². The minimum absolute atomic E-state index is 0.543. The maximum Gasteiger partial charge on any atom is 0.0664 e. The number of allylic oxidation sites excluding steroid dienone is 7. The summed E-state index contributed by atoms with van der Waals surface area (Å²) in [6.07, 6.45) is 9.52. The lowest BCUT2D eigenvalue weighted by Crippen LogP contribution is -2.03.